The van der Waals surface area contributed by atoms with E-state index in [0.29, 0.717) is 12.3 Å². The number of nitrogens with zero attached hydrogens (tertiary/aromatic N) is 4. The molecule has 6 nitrogen and oxygen atoms in total. The first-order valence-corrected chi connectivity index (χ1v) is 6.99. The normalized spacial score (nSPS) is 27.4. The molecule has 0 saturated carbocycles. The van der Waals surface area contributed by atoms with Crippen LogP contribution in [0.3, 0.4) is 0 Å². The molecule has 0 aromatic carbocycles. The molecule has 0 aliphatic carbocycles. The molecule has 1 aromatic rings. The van der Waals surface area contributed by atoms with Crippen molar-refractivity contribution in [2.45, 2.75) is 38.1 Å². The predicted molar refractivity (Wildman–Crippen MR) is 68.9 cm³/mol. The van der Waals surface area contributed by atoms with Gasteiger partial charge in [0, 0.05) is 19.4 Å². The van der Waals surface area contributed by atoms with Crippen LogP contribution in [0.2, 0.25) is 0 Å². The van der Waals surface area contributed by atoms with Crippen molar-refractivity contribution in [2.75, 3.05) is 20.1 Å². The second kappa shape index (κ2) is 4.92. The summed E-state index contributed by atoms with van der Waals surface area (Å²) in [5.41, 5.74) is 0. The van der Waals surface area contributed by atoms with Crippen LogP contribution >= 0.6 is 0 Å². The van der Waals surface area contributed by atoms with Crippen molar-refractivity contribution >= 4 is 5.97 Å². The minimum atomic E-state index is -0.794. The van der Waals surface area contributed by atoms with Gasteiger partial charge in [0.05, 0.1) is 0 Å². The quantitative estimate of drug-likeness (QED) is 0.871. The number of fused-ring (bicyclic) bond motifs is 1. The van der Waals surface area contributed by atoms with E-state index in [4.69, 9.17) is 0 Å². The van der Waals surface area contributed by atoms with E-state index in [-0.39, 0.29) is 0 Å². The summed E-state index contributed by atoms with van der Waals surface area (Å²) in [6, 6.07) is -0.517. The Morgan fingerprint density at radius 2 is 2.32 bits per heavy atom. The summed E-state index contributed by atoms with van der Waals surface area (Å²) in [5.74, 6) is 1.49. The summed E-state index contributed by atoms with van der Waals surface area (Å²) in [7, 11) is 2.13. The van der Waals surface area contributed by atoms with Gasteiger partial charge in [0.1, 0.15) is 5.82 Å². The highest BCUT2D eigenvalue weighted by molar-refractivity contribution is 5.71. The fourth-order valence-corrected chi connectivity index (χ4v) is 3.17. The molecule has 0 bridgehead atoms. The Bertz CT molecular complexity index is 485. The van der Waals surface area contributed by atoms with Crippen LogP contribution in [-0.4, -0.2) is 50.9 Å². The molecule has 1 aromatic heterocycles. The van der Waals surface area contributed by atoms with Crippen LogP contribution < -0.4 is 0 Å². The Hall–Kier alpha value is -1.43. The van der Waals surface area contributed by atoms with Gasteiger partial charge >= 0.3 is 5.97 Å². The molecule has 19 heavy (non-hydrogen) atoms. The zero-order valence-electron chi connectivity index (χ0n) is 11.2. The average molecular weight is 264 g/mol. The molecule has 2 atom stereocenters. The lowest BCUT2D eigenvalue weighted by atomic mass is 10.0. The molecule has 1 saturated heterocycles. The number of carboxylic acids is 1. The molecule has 104 valence electrons. The molecule has 0 spiro atoms. The first-order chi connectivity index (χ1) is 9.13. The fraction of sp³-hybridized carbons (Fsp3) is 0.769. The maximum Gasteiger partial charge on any atom is 0.328 e. The lowest BCUT2D eigenvalue weighted by Gasteiger charge is -2.19. The van der Waals surface area contributed by atoms with Gasteiger partial charge < -0.3 is 10.0 Å². The summed E-state index contributed by atoms with van der Waals surface area (Å²) in [5, 5.41) is 13.7. The van der Waals surface area contributed by atoms with Gasteiger partial charge in [-0.2, -0.15) is 5.10 Å². The van der Waals surface area contributed by atoms with Crippen molar-refractivity contribution < 1.29 is 9.90 Å². The third-order valence-electron chi connectivity index (χ3n) is 4.16. The molecule has 2 aliphatic heterocycles. The van der Waals surface area contributed by atoms with Gasteiger partial charge in [-0.1, -0.05) is 0 Å². The standard InChI is InChI=1S/C13H20N4O2/c1-16-6-5-9(8-16)7-11-14-12-4-2-3-10(13(18)19)17(12)15-11/h9-10H,2-8H2,1H3,(H,18,19). The molecule has 1 N–H and O–H groups in total. The van der Waals surface area contributed by atoms with E-state index >= 15 is 0 Å². The number of aryl methyl sites for hydroxylation is 1. The van der Waals surface area contributed by atoms with E-state index in [1.165, 1.54) is 6.42 Å². The first-order valence-electron chi connectivity index (χ1n) is 6.99. The van der Waals surface area contributed by atoms with Gasteiger partial charge in [0.15, 0.2) is 11.9 Å². The van der Waals surface area contributed by atoms with Crippen LogP contribution in [0, 0.1) is 5.92 Å². The molecule has 6 heteroatoms. The van der Waals surface area contributed by atoms with E-state index in [2.05, 4.69) is 22.0 Å². The van der Waals surface area contributed by atoms with Gasteiger partial charge in [-0.15, -0.1) is 0 Å². The van der Waals surface area contributed by atoms with E-state index in [0.717, 1.165) is 44.0 Å². The van der Waals surface area contributed by atoms with E-state index in [1.807, 2.05) is 0 Å². The third kappa shape index (κ3) is 2.49. The zero-order valence-corrected chi connectivity index (χ0v) is 11.2. The van der Waals surface area contributed by atoms with E-state index in [9.17, 15) is 9.90 Å². The molecule has 0 radical (unpaired) electrons. The van der Waals surface area contributed by atoms with Crippen LogP contribution in [0.5, 0.6) is 0 Å². The highest BCUT2D eigenvalue weighted by Gasteiger charge is 2.29. The lowest BCUT2D eigenvalue weighted by molar-refractivity contribution is -0.141. The lowest BCUT2D eigenvalue weighted by Crippen LogP contribution is -2.26. The zero-order chi connectivity index (χ0) is 13.4. The topological polar surface area (TPSA) is 71.2 Å². The SMILES string of the molecule is CN1CCC(Cc2nc3n(n2)C(C(=O)O)CCC3)C1. The number of likely N-dealkylation sites (tertiary alicyclic amines) is 1. The number of rotatable bonds is 3. The van der Waals surface area contributed by atoms with Crippen molar-refractivity contribution in [1.29, 1.82) is 0 Å². The molecule has 1 fully saturated rings. The Morgan fingerprint density at radius 3 is 3.00 bits per heavy atom. The van der Waals surface area contributed by atoms with Crippen molar-refractivity contribution in [3.8, 4) is 0 Å². The molecular formula is C13H20N4O2. The van der Waals surface area contributed by atoms with Gasteiger partial charge in [0.2, 0.25) is 0 Å². The second-order valence-electron chi connectivity index (χ2n) is 5.76. The third-order valence-corrected chi connectivity index (χ3v) is 4.16. The van der Waals surface area contributed by atoms with Crippen molar-refractivity contribution in [3.05, 3.63) is 11.6 Å². The number of carboxylic acid groups (broad SMARTS) is 1. The fourth-order valence-electron chi connectivity index (χ4n) is 3.17. The maximum atomic E-state index is 11.2. The smallest absolute Gasteiger partial charge is 0.328 e. The Balaban J connectivity index is 1.76. The van der Waals surface area contributed by atoms with Gasteiger partial charge in [-0.05, 0) is 38.8 Å². The molecule has 2 aliphatic rings. The van der Waals surface area contributed by atoms with Crippen molar-refractivity contribution in [2.24, 2.45) is 5.92 Å². The maximum absolute atomic E-state index is 11.2. The minimum absolute atomic E-state index is 0.517. The molecular weight excluding hydrogens is 244 g/mol. The van der Waals surface area contributed by atoms with Crippen LogP contribution in [0.1, 0.15) is 37.0 Å². The molecule has 0 amide bonds. The summed E-state index contributed by atoms with van der Waals surface area (Å²) >= 11 is 0. The number of hydrogen-bond donors (Lipinski definition) is 1. The minimum Gasteiger partial charge on any atom is -0.480 e. The molecule has 3 heterocycles. The van der Waals surface area contributed by atoms with Crippen LogP contribution in [-0.2, 0) is 17.6 Å². The van der Waals surface area contributed by atoms with Crippen LogP contribution in [0.4, 0.5) is 0 Å². The summed E-state index contributed by atoms with van der Waals surface area (Å²) in [4.78, 5) is 18.1. The molecule has 2 unspecified atom stereocenters. The summed E-state index contributed by atoms with van der Waals surface area (Å²) in [6.07, 6.45) is 4.46. The van der Waals surface area contributed by atoms with Gasteiger partial charge in [-0.25, -0.2) is 14.5 Å². The average Bonchev–Trinajstić information content (AvgIpc) is 2.94. The molecule has 3 rings (SSSR count). The highest BCUT2D eigenvalue weighted by atomic mass is 16.4. The van der Waals surface area contributed by atoms with Crippen LogP contribution in [0.25, 0.3) is 0 Å². The Kier molecular flexibility index (Phi) is 3.26. The Labute approximate surface area is 112 Å². The van der Waals surface area contributed by atoms with E-state index < -0.39 is 12.0 Å². The van der Waals surface area contributed by atoms with E-state index in [1.54, 1.807) is 4.68 Å². The predicted octanol–water partition coefficient (Wildman–Crippen LogP) is 0.734. The van der Waals surface area contributed by atoms with Gasteiger partial charge in [-0.3, -0.25) is 0 Å². The first kappa shape index (κ1) is 12.6. The number of aliphatic carboxylic acids is 1. The second-order valence-corrected chi connectivity index (χ2v) is 5.76. The van der Waals surface area contributed by atoms with Crippen molar-refractivity contribution in [3.63, 3.8) is 0 Å². The number of carbonyl (C=O) groups is 1. The number of hydrogen-bond acceptors (Lipinski definition) is 4. The largest absolute Gasteiger partial charge is 0.480 e. The van der Waals surface area contributed by atoms with Crippen LogP contribution in [0.15, 0.2) is 0 Å². The monoisotopic (exact) mass is 264 g/mol. The summed E-state index contributed by atoms with van der Waals surface area (Å²) in [6.45, 7) is 2.22. The number of aromatic nitrogens is 3. The van der Waals surface area contributed by atoms with Gasteiger partial charge in [0.25, 0.3) is 0 Å². The highest BCUT2D eigenvalue weighted by Crippen LogP contribution is 2.25. The van der Waals surface area contributed by atoms with Crippen molar-refractivity contribution in [1.82, 2.24) is 19.7 Å². The summed E-state index contributed by atoms with van der Waals surface area (Å²) < 4.78 is 1.64. The Morgan fingerprint density at radius 1 is 1.47 bits per heavy atom.